The van der Waals surface area contributed by atoms with Gasteiger partial charge in [0.15, 0.2) is 0 Å². The van der Waals surface area contributed by atoms with Gasteiger partial charge in [0.2, 0.25) is 0 Å². The van der Waals surface area contributed by atoms with Gasteiger partial charge in [-0.3, -0.25) is 4.90 Å². The number of carbonyl (C=O) groups is 1. The van der Waals surface area contributed by atoms with Gasteiger partial charge in [-0.15, -0.1) is 0 Å². The molecular weight excluding hydrogens is 397 g/mol. The van der Waals surface area contributed by atoms with Gasteiger partial charge in [0.1, 0.15) is 0 Å². The van der Waals surface area contributed by atoms with E-state index < -0.39 is 11.7 Å². The van der Waals surface area contributed by atoms with E-state index >= 15 is 0 Å². The molecule has 0 unspecified atom stereocenters. The predicted octanol–water partition coefficient (Wildman–Crippen LogP) is 2.89. The molecule has 1 atom stereocenters. The summed E-state index contributed by atoms with van der Waals surface area (Å²) in [5, 5.41) is 3.05. The quantitative estimate of drug-likeness (QED) is 0.784. The van der Waals surface area contributed by atoms with E-state index in [9.17, 15) is 18.0 Å². The maximum Gasteiger partial charge on any atom is 0.416 e. The molecule has 0 saturated carbocycles. The average Bonchev–Trinajstić information content (AvgIpc) is 2.74. The van der Waals surface area contributed by atoms with E-state index in [0.717, 1.165) is 19.2 Å². The number of piperazine rings is 1. The highest BCUT2D eigenvalue weighted by Crippen LogP contribution is 2.31. The smallest absolute Gasteiger partial charge is 0.379 e. The third kappa shape index (κ3) is 5.78. The van der Waals surface area contributed by atoms with Crippen LogP contribution in [-0.2, 0) is 10.9 Å². The molecule has 1 N–H and O–H groups in total. The summed E-state index contributed by atoms with van der Waals surface area (Å²) in [4.78, 5) is 18.6. The average molecular weight is 428 g/mol. The standard InChI is InChI=1S/C21H31F3N4O2/c1-16(2)19(27-10-12-30-13-11-27)15-25-20(29)28-8-6-26(7-9-28)18-5-3-4-17(14-18)21(22,23)24/h3-5,14,16,19H,6-13,15H2,1-2H3,(H,25,29)/t19-/m1/s1. The first-order valence-corrected chi connectivity index (χ1v) is 10.5. The van der Waals surface area contributed by atoms with Gasteiger partial charge in [-0.1, -0.05) is 19.9 Å². The number of halogens is 3. The number of ether oxygens (including phenoxy) is 1. The second-order valence-corrected chi connectivity index (χ2v) is 8.17. The summed E-state index contributed by atoms with van der Waals surface area (Å²) in [7, 11) is 0. The van der Waals surface area contributed by atoms with Gasteiger partial charge in [0, 0.05) is 57.5 Å². The number of nitrogens with zero attached hydrogens (tertiary/aromatic N) is 3. The summed E-state index contributed by atoms with van der Waals surface area (Å²) in [6.07, 6.45) is -4.36. The Balaban J connectivity index is 1.50. The minimum Gasteiger partial charge on any atom is -0.379 e. The highest BCUT2D eigenvalue weighted by atomic mass is 19.4. The molecule has 0 bridgehead atoms. The summed E-state index contributed by atoms with van der Waals surface area (Å²) in [6.45, 7) is 10.0. The van der Waals surface area contributed by atoms with Crippen LogP contribution in [0.3, 0.4) is 0 Å². The van der Waals surface area contributed by atoms with Crippen molar-refractivity contribution in [2.24, 2.45) is 5.92 Å². The van der Waals surface area contributed by atoms with Gasteiger partial charge in [0.05, 0.1) is 18.8 Å². The van der Waals surface area contributed by atoms with Crippen molar-refractivity contribution in [3.05, 3.63) is 29.8 Å². The summed E-state index contributed by atoms with van der Waals surface area (Å²) in [5.74, 6) is 0.404. The summed E-state index contributed by atoms with van der Waals surface area (Å²) >= 11 is 0. The van der Waals surface area contributed by atoms with E-state index in [1.807, 2.05) is 4.90 Å². The molecule has 1 aromatic rings. The largest absolute Gasteiger partial charge is 0.416 e. The maximum absolute atomic E-state index is 13.0. The molecule has 2 aliphatic heterocycles. The van der Waals surface area contributed by atoms with E-state index in [-0.39, 0.29) is 12.1 Å². The number of rotatable bonds is 5. The monoisotopic (exact) mass is 428 g/mol. The van der Waals surface area contributed by atoms with Crippen LogP contribution < -0.4 is 10.2 Å². The highest BCUT2D eigenvalue weighted by molar-refractivity contribution is 5.74. The van der Waals surface area contributed by atoms with Crippen LogP contribution in [-0.4, -0.2) is 80.9 Å². The second kappa shape index (κ2) is 9.87. The molecule has 30 heavy (non-hydrogen) atoms. The number of alkyl halides is 3. The molecule has 168 valence electrons. The van der Waals surface area contributed by atoms with Gasteiger partial charge >= 0.3 is 12.2 Å². The van der Waals surface area contributed by atoms with Crippen LogP contribution >= 0.6 is 0 Å². The molecule has 2 saturated heterocycles. The Morgan fingerprint density at radius 1 is 1.10 bits per heavy atom. The molecule has 0 aromatic heterocycles. The highest BCUT2D eigenvalue weighted by Gasteiger charge is 2.31. The van der Waals surface area contributed by atoms with Crippen molar-refractivity contribution in [1.82, 2.24) is 15.1 Å². The molecule has 3 rings (SSSR count). The van der Waals surface area contributed by atoms with Gasteiger partial charge in [-0.2, -0.15) is 13.2 Å². The van der Waals surface area contributed by atoms with E-state index in [0.29, 0.717) is 57.5 Å². The number of hydrogen-bond donors (Lipinski definition) is 1. The Kier molecular flexibility index (Phi) is 7.46. The van der Waals surface area contributed by atoms with Crippen molar-refractivity contribution in [2.75, 3.05) is 63.9 Å². The fraction of sp³-hybridized carbons (Fsp3) is 0.667. The molecule has 0 radical (unpaired) electrons. The Hall–Kier alpha value is -2.00. The van der Waals surface area contributed by atoms with Gasteiger partial charge in [0.25, 0.3) is 0 Å². The fourth-order valence-corrected chi connectivity index (χ4v) is 4.05. The topological polar surface area (TPSA) is 48.1 Å². The lowest BCUT2D eigenvalue weighted by Gasteiger charge is -2.39. The van der Waals surface area contributed by atoms with E-state index in [4.69, 9.17) is 4.74 Å². The Bertz CT molecular complexity index is 700. The van der Waals surface area contributed by atoms with Crippen LogP contribution in [0.1, 0.15) is 19.4 Å². The number of amides is 2. The van der Waals surface area contributed by atoms with Crippen molar-refractivity contribution in [3.63, 3.8) is 0 Å². The van der Waals surface area contributed by atoms with Gasteiger partial charge in [-0.05, 0) is 24.1 Å². The Morgan fingerprint density at radius 2 is 1.77 bits per heavy atom. The third-order valence-corrected chi connectivity index (χ3v) is 5.85. The number of anilines is 1. The number of nitrogens with one attached hydrogen (secondary N) is 1. The third-order valence-electron chi connectivity index (χ3n) is 5.85. The first-order chi connectivity index (χ1) is 14.3. The van der Waals surface area contributed by atoms with E-state index in [1.165, 1.54) is 12.1 Å². The van der Waals surface area contributed by atoms with Crippen molar-refractivity contribution in [2.45, 2.75) is 26.1 Å². The van der Waals surface area contributed by atoms with Crippen molar-refractivity contribution in [3.8, 4) is 0 Å². The number of morpholine rings is 1. The normalized spacial score (nSPS) is 19.8. The molecule has 6 nitrogen and oxygen atoms in total. The lowest BCUT2D eigenvalue weighted by Crippen LogP contribution is -2.55. The van der Waals surface area contributed by atoms with Crippen LogP contribution in [0, 0.1) is 5.92 Å². The molecule has 1 aromatic carbocycles. The summed E-state index contributed by atoms with van der Waals surface area (Å²) in [5.41, 5.74) is -0.111. The van der Waals surface area contributed by atoms with Crippen LogP contribution in [0.5, 0.6) is 0 Å². The van der Waals surface area contributed by atoms with Crippen LogP contribution in [0.4, 0.5) is 23.7 Å². The maximum atomic E-state index is 13.0. The lowest BCUT2D eigenvalue weighted by molar-refractivity contribution is -0.137. The number of hydrogen-bond acceptors (Lipinski definition) is 4. The summed E-state index contributed by atoms with van der Waals surface area (Å²) in [6, 6.07) is 5.50. The van der Waals surface area contributed by atoms with Crippen LogP contribution in [0.2, 0.25) is 0 Å². The fourth-order valence-electron chi connectivity index (χ4n) is 4.05. The zero-order valence-electron chi connectivity index (χ0n) is 17.6. The molecule has 2 amide bonds. The summed E-state index contributed by atoms with van der Waals surface area (Å²) < 4.78 is 44.3. The number of benzene rings is 1. The molecule has 9 heteroatoms. The minimum atomic E-state index is -4.36. The molecule has 2 fully saturated rings. The molecule has 0 aliphatic carbocycles. The molecule has 0 spiro atoms. The predicted molar refractivity (Wildman–Crippen MR) is 110 cm³/mol. The second-order valence-electron chi connectivity index (χ2n) is 8.17. The van der Waals surface area contributed by atoms with Gasteiger partial charge < -0.3 is 19.9 Å². The zero-order valence-corrected chi connectivity index (χ0v) is 17.6. The number of urea groups is 1. The Labute approximate surface area is 175 Å². The van der Waals surface area contributed by atoms with Crippen molar-refractivity contribution >= 4 is 11.7 Å². The van der Waals surface area contributed by atoms with E-state index in [1.54, 1.807) is 11.0 Å². The molecular formula is C21H31F3N4O2. The van der Waals surface area contributed by atoms with Crippen molar-refractivity contribution < 1.29 is 22.7 Å². The minimum absolute atomic E-state index is 0.113. The lowest BCUT2D eigenvalue weighted by atomic mass is 10.0. The SMILES string of the molecule is CC(C)[C@@H](CNC(=O)N1CCN(c2cccc(C(F)(F)F)c2)CC1)N1CCOCC1. The Morgan fingerprint density at radius 3 is 2.37 bits per heavy atom. The van der Waals surface area contributed by atoms with Crippen LogP contribution in [0.15, 0.2) is 24.3 Å². The van der Waals surface area contributed by atoms with Crippen LogP contribution in [0.25, 0.3) is 0 Å². The molecule has 2 aliphatic rings. The zero-order chi connectivity index (χ0) is 21.7. The van der Waals surface area contributed by atoms with Gasteiger partial charge in [-0.25, -0.2) is 4.79 Å². The number of carbonyl (C=O) groups excluding carboxylic acids is 1. The van der Waals surface area contributed by atoms with Crippen molar-refractivity contribution in [1.29, 1.82) is 0 Å². The first kappa shape index (κ1) is 22.7. The molecule has 2 heterocycles. The first-order valence-electron chi connectivity index (χ1n) is 10.5. The van der Waals surface area contributed by atoms with E-state index in [2.05, 4.69) is 24.1 Å².